The Hall–Kier alpha value is -1.26. The smallest absolute Gasteiger partial charge is 0.403 e. The molecule has 21 heavy (non-hydrogen) atoms. The molecule has 5 heteroatoms. The SMILES string of the molecule is CC1CCC(CCc2ccc(OC(F)(F)F)c(F)c2)CC1. The van der Waals surface area contributed by atoms with Gasteiger partial charge in [0.15, 0.2) is 11.6 Å². The zero-order valence-corrected chi connectivity index (χ0v) is 12.0. The van der Waals surface area contributed by atoms with Crippen molar-refractivity contribution >= 4 is 0 Å². The van der Waals surface area contributed by atoms with Gasteiger partial charge in [-0.15, -0.1) is 13.2 Å². The third kappa shape index (κ3) is 5.21. The molecule has 0 radical (unpaired) electrons. The summed E-state index contributed by atoms with van der Waals surface area (Å²) in [4.78, 5) is 0. The van der Waals surface area contributed by atoms with Crippen molar-refractivity contribution in [3.05, 3.63) is 29.6 Å². The van der Waals surface area contributed by atoms with Crippen molar-refractivity contribution in [1.29, 1.82) is 0 Å². The maximum absolute atomic E-state index is 13.6. The van der Waals surface area contributed by atoms with Gasteiger partial charge in [0.05, 0.1) is 0 Å². The van der Waals surface area contributed by atoms with Gasteiger partial charge in [0.2, 0.25) is 0 Å². The highest BCUT2D eigenvalue weighted by molar-refractivity contribution is 5.29. The average Bonchev–Trinajstić information content (AvgIpc) is 2.40. The van der Waals surface area contributed by atoms with Crippen LogP contribution in [0, 0.1) is 17.7 Å². The molecule has 0 spiro atoms. The quantitative estimate of drug-likeness (QED) is 0.669. The fraction of sp³-hybridized carbons (Fsp3) is 0.625. The van der Waals surface area contributed by atoms with Gasteiger partial charge in [-0.1, -0.05) is 38.7 Å². The van der Waals surface area contributed by atoms with Gasteiger partial charge < -0.3 is 4.74 Å². The summed E-state index contributed by atoms with van der Waals surface area (Å²) in [6.45, 7) is 2.25. The van der Waals surface area contributed by atoms with Crippen molar-refractivity contribution in [1.82, 2.24) is 0 Å². The van der Waals surface area contributed by atoms with Crippen LogP contribution in [0.4, 0.5) is 17.6 Å². The second-order valence-corrected chi connectivity index (χ2v) is 5.98. The molecule has 1 aromatic rings. The van der Waals surface area contributed by atoms with Gasteiger partial charge >= 0.3 is 6.36 Å². The topological polar surface area (TPSA) is 9.23 Å². The Morgan fingerprint density at radius 2 is 1.81 bits per heavy atom. The summed E-state index contributed by atoms with van der Waals surface area (Å²) >= 11 is 0. The van der Waals surface area contributed by atoms with Gasteiger partial charge in [0, 0.05) is 0 Å². The van der Waals surface area contributed by atoms with Crippen LogP contribution in [-0.2, 0) is 6.42 Å². The standard InChI is InChI=1S/C16H20F4O/c1-11-2-4-12(5-3-11)6-7-13-8-9-15(14(17)10-13)21-16(18,19)20/h8-12H,2-7H2,1H3. The Morgan fingerprint density at radius 3 is 2.38 bits per heavy atom. The van der Waals surface area contributed by atoms with Gasteiger partial charge in [-0.25, -0.2) is 4.39 Å². The van der Waals surface area contributed by atoms with Crippen molar-refractivity contribution in [2.24, 2.45) is 11.8 Å². The molecule has 0 amide bonds. The molecule has 1 aliphatic rings. The summed E-state index contributed by atoms with van der Waals surface area (Å²) in [5.74, 6) is -0.285. The van der Waals surface area contributed by atoms with Gasteiger partial charge in [-0.2, -0.15) is 0 Å². The molecule has 1 aliphatic carbocycles. The Balaban J connectivity index is 1.88. The molecular weight excluding hydrogens is 284 g/mol. The van der Waals surface area contributed by atoms with E-state index in [-0.39, 0.29) is 0 Å². The number of halogens is 4. The van der Waals surface area contributed by atoms with Crippen LogP contribution in [0.25, 0.3) is 0 Å². The van der Waals surface area contributed by atoms with Gasteiger partial charge in [0.25, 0.3) is 0 Å². The number of hydrogen-bond donors (Lipinski definition) is 0. The van der Waals surface area contributed by atoms with Crippen molar-refractivity contribution in [3.8, 4) is 5.75 Å². The fourth-order valence-corrected chi connectivity index (χ4v) is 2.90. The second-order valence-electron chi connectivity index (χ2n) is 5.98. The molecule has 1 nitrogen and oxygen atoms in total. The van der Waals surface area contributed by atoms with Crippen LogP contribution in [0.5, 0.6) is 5.75 Å². The monoisotopic (exact) mass is 304 g/mol. The Kier molecular flexibility index (Phi) is 5.12. The first-order chi connectivity index (χ1) is 9.83. The molecule has 0 aromatic heterocycles. The molecule has 2 rings (SSSR count). The Bertz CT molecular complexity index is 462. The Morgan fingerprint density at radius 1 is 1.14 bits per heavy atom. The number of rotatable bonds is 4. The van der Waals surface area contributed by atoms with Crippen LogP contribution in [0.1, 0.15) is 44.6 Å². The molecule has 0 N–H and O–H groups in total. The minimum atomic E-state index is -4.86. The van der Waals surface area contributed by atoms with Crippen LogP contribution in [0.15, 0.2) is 18.2 Å². The van der Waals surface area contributed by atoms with E-state index in [1.54, 1.807) is 0 Å². The summed E-state index contributed by atoms with van der Waals surface area (Å²) in [6.07, 6.45) is 1.65. The molecule has 118 valence electrons. The maximum atomic E-state index is 13.6. The maximum Gasteiger partial charge on any atom is 0.573 e. The highest BCUT2D eigenvalue weighted by atomic mass is 19.4. The van der Waals surface area contributed by atoms with Gasteiger partial charge in [-0.05, 0) is 42.4 Å². The lowest BCUT2D eigenvalue weighted by Crippen LogP contribution is -2.18. The molecule has 0 saturated heterocycles. The first-order valence-electron chi connectivity index (χ1n) is 7.37. The second kappa shape index (κ2) is 6.67. The number of benzene rings is 1. The normalized spacial score (nSPS) is 23.1. The molecule has 0 bridgehead atoms. The number of alkyl halides is 3. The molecule has 0 unspecified atom stereocenters. The van der Waals surface area contributed by atoms with Crippen molar-refractivity contribution in [2.45, 2.75) is 51.8 Å². The molecule has 0 atom stereocenters. The zero-order valence-electron chi connectivity index (χ0n) is 12.0. The van der Waals surface area contributed by atoms with Crippen molar-refractivity contribution in [3.63, 3.8) is 0 Å². The van der Waals surface area contributed by atoms with Crippen LogP contribution in [-0.4, -0.2) is 6.36 Å². The molecule has 0 heterocycles. The van der Waals surface area contributed by atoms with Crippen molar-refractivity contribution in [2.75, 3.05) is 0 Å². The summed E-state index contributed by atoms with van der Waals surface area (Å²) in [5, 5.41) is 0. The van der Waals surface area contributed by atoms with Crippen LogP contribution in [0.3, 0.4) is 0 Å². The van der Waals surface area contributed by atoms with Gasteiger partial charge in [0.1, 0.15) is 0 Å². The minimum absolute atomic E-state index is 0.648. The van der Waals surface area contributed by atoms with E-state index in [1.165, 1.54) is 31.7 Å². The summed E-state index contributed by atoms with van der Waals surface area (Å²) in [5.41, 5.74) is 0.723. The van der Waals surface area contributed by atoms with Crippen LogP contribution in [0.2, 0.25) is 0 Å². The average molecular weight is 304 g/mol. The molecule has 1 saturated carbocycles. The van der Waals surface area contributed by atoms with Crippen LogP contribution < -0.4 is 4.74 Å². The van der Waals surface area contributed by atoms with E-state index in [9.17, 15) is 17.6 Å². The first kappa shape index (κ1) is 16.1. The molecule has 1 aromatic carbocycles. The lowest BCUT2D eigenvalue weighted by atomic mass is 9.80. The largest absolute Gasteiger partial charge is 0.573 e. The summed E-state index contributed by atoms with van der Waals surface area (Å²) in [6, 6.07) is 3.71. The summed E-state index contributed by atoms with van der Waals surface area (Å²) < 4.78 is 53.4. The number of hydrogen-bond acceptors (Lipinski definition) is 1. The van der Waals surface area contributed by atoms with E-state index in [0.717, 1.165) is 30.0 Å². The molecular formula is C16H20F4O. The van der Waals surface area contributed by atoms with E-state index in [1.807, 2.05) is 0 Å². The minimum Gasteiger partial charge on any atom is -0.403 e. The molecule has 1 fully saturated rings. The highest BCUT2D eigenvalue weighted by Gasteiger charge is 2.32. The third-order valence-electron chi connectivity index (χ3n) is 4.20. The number of ether oxygens (including phenoxy) is 1. The predicted octanol–water partition coefficient (Wildman–Crippen LogP) is 5.48. The van der Waals surface area contributed by atoms with E-state index >= 15 is 0 Å². The lowest BCUT2D eigenvalue weighted by molar-refractivity contribution is -0.275. The third-order valence-corrected chi connectivity index (χ3v) is 4.20. The highest BCUT2D eigenvalue weighted by Crippen LogP contribution is 2.32. The molecule has 0 aliphatic heterocycles. The Labute approximate surface area is 122 Å². The van der Waals surface area contributed by atoms with E-state index < -0.39 is 17.9 Å². The fourth-order valence-electron chi connectivity index (χ4n) is 2.90. The predicted molar refractivity (Wildman–Crippen MR) is 72.5 cm³/mol. The van der Waals surface area contributed by atoms with Crippen LogP contribution >= 0.6 is 0 Å². The van der Waals surface area contributed by atoms with Crippen molar-refractivity contribution < 1.29 is 22.3 Å². The van der Waals surface area contributed by atoms with Gasteiger partial charge in [-0.3, -0.25) is 0 Å². The number of aryl methyl sites for hydroxylation is 1. The zero-order chi connectivity index (χ0) is 15.5. The summed E-state index contributed by atoms with van der Waals surface area (Å²) in [7, 11) is 0. The van der Waals surface area contributed by atoms with E-state index in [2.05, 4.69) is 11.7 Å². The first-order valence-corrected chi connectivity index (χ1v) is 7.37. The van der Waals surface area contributed by atoms with E-state index in [0.29, 0.717) is 12.3 Å². The lowest BCUT2D eigenvalue weighted by Gasteiger charge is -2.26. The van der Waals surface area contributed by atoms with E-state index in [4.69, 9.17) is 0 Å².